The first kappa shape index (κ1) is 23.9. The Labute approximate surface area is 191 Å². The molecule has 0 unspecified atom stereocenters. The summed E-state index contributed by atoms with van der Waals surface area (Å²) in [6, 6.07) is 6.67. The summed E-state index contributed by atoms with van der Waals surface area (Å²) in [6.07, 6.45) is 8.52. The number of aliphatic imine (C=N–C) groups is 1. The molecule has 1 aliphatic carbocycles. The highest BCUT2D eigenvalue weighted by molar-refractivity contribution is 5.80. The third-order valence-corrected chi connectivity index (χ3v) is 5.63. The van der Waals surface area contributed by atoms with Crippen LogP contribution in [0.15, 0.2) is 29.5 Å². The van der Waals surface area contributed by atoms with Gasteiger partial charge in [0.25, 0.3) is 0 Å². The zero-order chi connectivity index (χ0) is 22.6. The molecule has 1 aromatic carbocycles. The molecule has 1 saturated carbocycles. The van der Waals surface area contributed by atoms with E-state index in [9.17, 15) is 0 Å². The van der Waals surface area contributed by atoms with Crippen molar-refractivity contribution in [3.63, 3.8) is 0 Å². The molecular formula is C24H38N6O2. The van der Waals surface area contributed by atoms with Crippen molar-refractivity contribution in [1.82, 2.24) is 25.4 Å². The van der Waals surface area contributed by atoms with Gasteiger partial charge in [-0.25, -0.2) is 0 Å². The third kappa shape index (κ3) is 7.14. The highest BCUT2D eigenvalue weighted by Crippen LogP contribution is 2.28. The zero-order valence-electron chi connectivity index (χ0n) is 19.8. The lowest BCUT2D eigenvalue weighted by Gasteiger charge is -2.18. The van der Waals surface area contributed by atoms with E-state index in [0.717, 1.165) is 49.2 Å². The van der Waals surface area contributed by atoms with Crippen molar-refractivity contribution in [2.75, 3.05) is 26.3 Å². The van der Waals surface area contributed by atoms with Crippen molar-refractivity contribution in [2.45, 2.75) is 71.9 Å². The number of ether oxygens (including phenoxy) is 2. The quantitative estimate of drug-likeness (QED) is 0.387. The Morgan fingerprint density at radius 1 is 1.12 bits per heavy atom. The third-order valence-electron chi connectivity index (χ3n) is 5.63. The standard InChI is InChI=1S/C24H38N6O2/c1-4-23-29-27-18-30(23)16-15-26-24(28-20-9-7-8-10-20)25-14-13-19-11-12-21(31-5-2)22(17-19)32-6-3/h11-12,17-18,20H,4-10,13-16H2,1-3H3,(H2,25,26,28). The minimum atomic E-state index is 0.511. The van der Waals surface area contributed by atoms with Crippen LogP contribution >= 0.6 is 0 Å². The molecule has 176 valence electrons. The summed E-state index contributed by atoms with van der Waals surface area (Å²) in [5.74, 6) is 3.50. The smallest absolute Gasteiger partial charge is 0.191 e. The Bertz CT molecular complexity index is 845. The van der Waals surface area contributed by atoms with Gasteiger partial charge in [-0.3, -0.25) is 4.99 Å². The maximum atomic E-state index is 5.76. The minimum Gasteiger partial charge on any atom is -0.490 e. The van der Waals surface area contributed by atoms with E-state index >= 15 is 0 Å². The van der Waals surface area contributed by atoms with E-state index in [1.165, 1.54) is 31.2 Å². The van der Waals surface area contributed by atoms with Gasteiger partial charge in [-0.1, -0.05) is 25.8 Å². The van der Waals surface area contributed by atoms with Crippen molar-refractivity contribution < 1.29 is 9.47 Å². The summed E-state index contributed by atoms with van der Waals surface area (Å²) in [6.45, 7) is 9.61. The average molecular weight is 443 g/mol. The van der Waals surface area contributed by atoms with Crippen LogP contribution in [0, 0.1) is 0 Å². The SMILES string of the molecule is CCOc1ccc(CCN=C(NCCn2cnnc2CC)NC2CCCC2)cc1OCC. The molecule has 8 nitrogen and oxygen atoms in total. The highest BCUT2D eigenvalue weighted by Gasteiger charge is 2.16. The van der Waals surface area contributed by atoms with Gasteiger partial charge in [-0.05, 0) is 50.8 Å². The first-order chi connectivity index (χ1) is 15.7. The van der Waals surface area contributed by atoms with Crippen LogP contribution in [0.5, 0.6) is 11.5 Å². The number of aromatic nitrogens is 3. The minimum absolute atomic E-state index is 0.511. The summed E-state index contributed by atoms with van der Waals surface area (Å²) >= 11 is 0. The van der Waals surface area contributed by atoms with Crippen LogP contribution in [0.2, 0.25) is 0 Å². The molecule has 0 saturated heterocycles. The molecule has 2 N–H and O–H groups in total. The van der Waals surface area contributed by atoms with Gasteiger partial charge in [-0.15, -0.1) is 10.2 Å². The van der Waals surface area contributed by atoms with Gasteiger partial charge in [-0.2, -0.15) is 0 Å². The number of rotatable bonds is 12. The molecule has 2 aromatic rings. The molecule has 1 aliphatic rings. The second-order valence-electron chi connectivity index (χ2n) is 7.97. The van der Waals surface area contributed by atoms with Gasteiger partial charge in [0.05, 0.1) is 13.2 Å². The van der Waals surface area contributed by atoms with E-state index in [4.69, 9.17) is 14.5 Å². The van der Waals surface area contributed by atoms with Gasteiger partial charge in [0.2, 0.25) is 0 Å². The summed E-state index contributed by atoms with van der Waals surface area (Å²) in [5.41, 5.74) is 1.19. The number of nitrogens with one attached hydrogen (secondary N) is 2. The van der Waals surface area contributed by atoms with Crippen molar-refractivity contribution in [1.29, 1.82) is 0 Å². The summed E-state index contributed by atoms with van der Waals surface area (Å²) < 4.78 is 13.5. The lowest BCUT2D eigenvalue weighted by Crippen LogP contribution is -2.43. The normalized spacial score (nSPS) is 14.5. The Hall–Kier alpha value is -2.77. The first-order valence-corrected chi connectivity index (χ1v) is 12.0. The van der Waals surface area contributed by atoms with Gasteiger partial charge >= 0.3 is 0 Å². The molecule has 0 amide bonds. The highest BCUT2D eigenvalue weighted by atomic mass is 16.5. The van der Waals surface area contributed by atoms with E-state index in [-0.39, 0.29) is 0 Å². The summed E-state index contributed by atoms with van der Waals surface area (Å²) in [4.78, 5) is 4.86. The van der Waals surface area contributed by atoms with Gasteiger partial charge < -0.3 is 24.7 Å². The van der Waals surface area contributed by atoms with E-state index < -0.39 is 0 Å². The Morgan fingerprint density at radius 3 is 2.66 bits per heavy atom. The summed E-state index contributed by atoms with van der Waals surface area (Å²) in [5, 5.41) is 15.3. The number of hydrogen-bond acceptors (Lipinski definition) is 5. The predicted molar refractivity (Wildman–Crippen MR) is 128 cm³/mol. The second-order valence-corrected chi connectivity index (χ2v) is 7.97. The maximum absolute atomic E-state index is 5.76. The van der Waals surface area contributed by atoms with Crippen molar-refractivity contribution >= 4 is 5.96 Å². The number of nitrogens with zero attached hydrogens (tertiary/aromatic N) is 4. The summed E-state index contributed by atoms with van der Waals surface area (Å²) in [7, 11) is 0. The van der Waals surface area contributed by atoms with Gasteiger partial charge in [0.1, 0.15) is 12.2 Å². The monoisotopic (exact) mass is 442 g/mol. The van der Waals surface area contributed by atoms with E-state index in [2.05, 4.69) is 44.5 Å². The molecule has 0 radical (unpaired) electrons. The van der Waals surface area contributed by atoms with Crippen LogP contribution in [-0.2, 0) is 19.4 Å². The number of guanidine groups is 1. The lowest BCUT2D eigenvalue weighted by molar-refractivity contribution is 0.287. The van der Waals surface area contributed by atoms with Crippen LogP contribution in [0.25, 0.3) is 0 Å². The van der Waals surface area contributed by atoms with Crippen LogP contribution in [0.1, 0.15) is 57.8 Å². The first-order valence-electron chi connectivity index (χ1n) is 12.0. The topological polar surface area (TPSA) is 85.6 Å². The van der Waals surface area contributed by atoms with Crippen molar-refractivity contribution in [3.8, 4) is 11.5 Å². The molecule has 32 heavy (non-hydrogen) atoms. The Kier molecular flexibility index (Phi) is 9.65. The lowest BCUT2D eigenvalue weighted by atomic mass is 10.1. The van der Waals surface area contributed by atoms with Gasteiger partial charge in [0, 0.05) is 32.1 Å². The van der Waals surface area contributed by atoms with Crippen LogP contribution in [0.3, 0.4) is 0 Å². The molecule has 0 aliphatic heterocycles. The fourth-order valence-corrected chi connectivity index (χ4v) is 4.00. The molecule has 8 heteroatoms. The Morgan fingerprint density at radius 2 is 1.91 bits per heavy atom. The van der Waals surface area contributed by atoms with Crippen LogP contribution in [0.4, 0.5) is 0 Å². The molecule has 3 rings (SSSR count). The Balaban J connectivity index is 1.58. The fourth-order valence-electron chi connectivity index (χ4n) is 4.00. The second kappa shape index (κ2) is 12.9. The average Bonchev–Trinajstić information content (AvgIpc) is 3.47. The molecule has 0 atom stereocenters. The van der Waals surface area contributed by atoms with Crippen molar-refractivity contribution in [3.05, 3.63) is 35.9 Å². The maximum Gasteiger partial charge on any atom is 0.191 e. The van der Waals surface area contributed by atoms with Crippen LogP contribution in [-0.4, -0.2) is 53.1 Å². The predicted octanol–water partition coefficient (Wildman–Crippen LogP) is 3.36. The van der Waals surface area contributed by atoms with Crippen LogP contribution < -0.4 is 20.1 Å². The molecular weight excluding hydrogens is 404 g/mol. The van der Waals surface area contributed by atoms with Crippen molar-refractivity contribution in [2.24, 2.45) is 4.99 Å². The largest absolute Gasteiger partial charge is 0.490 e. The van der Waals surface area contributed by atoms with E-state index in [1.54, 1.807) is 6.33 Å². The molecule has 0 bridgehead atoms. The molecule has 1 heterocycles. The number of hydrogen-bond donors (Lipinski definition) is 2. The molecule has 1 aromatic heterocycles. The number of aryl methyl sites for hydroxylation is 1. The fraction of sp³-hybridized carbons (Fsp3) is 0.625. The number of benzene rings is 1. The van der Waals surface area contributed by atoms with E-state index in [1.807, 2.05) is 19.9 Å². The molecule has 0 spiro atoms. The van der Waals surface area contributed by atoms with Gasteiger partial charge in [0.15, 0.2) is 17.5 Å². The zero-order valence-corrected chi connectivity index (χ0v) is 19.8. The molecule has 1 fully saturated rings. The van der Waals surface area contributed by atoms with E-state index in [0.29, 0.717) is 25.8 Å².